The number of fused-ring (bicyclic) bond motifs is 1. The molecule has 9 heteroatoms. The van der Waals surface area contributed by atoms with Gasteiger partial charge in [-0.1, -0.05) is 26.0 Å². The van der Waals surface area contributed by atoms with E-state index in [1.54, 1.807) is 31.4 Å². The first-order valence-electron chi connectivity index (χ1n) is 10.5. The number of carbonyl (C=O) groups is 1. The summed E-state index contributed by atoms with van der Waals surface area (Å²) in [5.74, 6) is 0.778. The molecule has 1 N–H and O–H groups in total. The van der Waals surface area contributed by atoms with E-state index in [-0.39, 0.29) is 22.9 Å². The molecule has 1 saturated heterocycles. The molecule has 0 aliphatic carbocycles. The van der Waals surface area contributed by atoms with Crippen LogP contribution in [-0.2, 0) is 14.8 Å². The van der Waals surface area contributed by atoms with Crippen molar-refractivity contribution in [2.45, 2.75) is 31.6 Å². The zero-order chi connectivity index (χ0) is 21.8. The van der Waals surface area contributed by atoms with Gasteiger partial charge in [-0.15, -0.1) is 0 Å². The summed E-state index contributed by atoms with van der Waals surface area (Å²) in [5.41, 5.74) is -0.344. The van der Waals surface area contributed by atoms with Crippen LogP contribution in [0.25, 0.3) is 0 Å². The van der Waals surface area contributed by atoms with Crippen molar-refractivity contribution in [3.63, 3.8) is 0 Å². The summed E-state index contributed by atoms with van der Waals surface area (Å²) in [6.07, 6.45) is 1.37. The molecule has 1 aromatic carbocycles. The number of hydrogen-bond donors (Lipinski definition) is 1. The summed E-state index contributed by atoms with van der Waals surface area (Å²) in [7, 11) is -2.14. The Labute approximate surface area is 179 Å². The van der Waals surface area contributed by atoms with E-state index in [2.05, 4.69) is 19.2 Å². The fourth-order valence-electron chi connectivity index (χ4n) is 3.94. The number of sulfonamides is 1. The van der Waals surface area contributed by atoms with E-state index in [9.17, 15) is 13.2 Å². The molecule has 0 radical (unpaired) electrons. The van der Waals surface area contributed by atoms with Gasteiger partial charge in [0.25, 0.3) is 0 Å². The Morgan fingerprint density at radius 3 is 2.63 bits per heavy atom. The van der Waals surface area contributed by atoms with Crippen LogP contribution in [0.4, 0.5) is 4.79 Å². The van der Waals surface area contributed by atoms with Crippen LogP contribution in [0.1, 0.15) is 26.7 Å². The number of nitrogens with one attached hydrogen (secondary N) is 1. The van der Waals surface area contributed by atoms with Gasteiger partial charge in [0.15, 0.2) is 0 Å². The van der Waals surface area contributed by atoms with Crippen molar-refractivity contribution in [2.75, 3.05) is 53.0 Å². The first-order valence-corrected chi connectivity index (χ1v) is 12.0. The van der Waals surface area contributed by atoms with Gasteiger partial charge in [-0.05, 0) is 30.9 Å². The number of hydrogen-bond acceptors (Lipinski definition) is 5. The summed E-state index contributed by atoms with van der Waals surface area (Å²) >= 11 is 0. The number of rotatable bonds is 5. The molecule has 1 aromatic rings. The highest BCUT2D eigenvalue weighted by Gasteiger charge is 2.43. The molecule has 0 saturated carbocycles. The van der Waals surface area contributed by atoms with Crippen LogP contribution in [0.2, 0.25) is 0 Å². The van der Waals surface area contributed by atoms with Crippen LogP contribution in [0, 0.1) is 11.3 Å². The van der Waals surface area contributed by atoms with Crippen LogP contribution < -0.4 is 10.1 Å². The second-order valence-electron chi connectivity index (χ2n) is 8.63. The normalized spacial score (nSPS) is 20.9. The summed E-state index contributed by atoms with van der Waals surface area (Å²) in [6.45, 7) is 7.30. The average Bonchev–Trinajstić information content (AvgIpc) is 2.73. The molecule has 0 aromatic heterocycles. The second-order valence-corrected chi connectivity index (χ2v) is 10.5. The minimum absolute atomic E-state index is 0.0560. The van der Waals surface area contributed by atoms with Crippen molar-refractivity contribution < 1.29 is 22.7 Å². The molecule has 1 fully saturated rings. The highest BCUT2D eigenvalue weighted by Crippen LogP contribution is 2.39. The topological polar surface area (TPSA) is 88.2 Å². The van der Waals surface area contributed by atoms with Crippen LogP contribution in [0.3, 0.4) is 0 Å². The molecule has 2 amide bonds. The number of carbonyl (C=O) groups excluding carboxylic acids is 1. The summed E-state index contributed by atoms with van der Waals surface area (Å²) < 4.78 is 39.4. The maximum Gasteiger partial charge on any atom is 0.317 e. The van der Waals surface area contributed by atoms with Crippen LogP contribution >= 0.6 is 0 Å². The lowest BCUT2D eigenvalue weighted by Crippen LogP contribution is -2.54. The van der Waals surface area contributed by atoms with Crippen LogP contribution in [0.5, 0.6) is 5.75 Å². The number of piperidine rings is 1. The van der Waals surface area contributed by atoms with E-state index >= 15 is 0 Å². The van der Waals surface area contributed by atoms with E-state index in [1.165, 1.54) is 4.31 Å². The molecule has 2 aliphatic heterocycles. The Morgan fingerprint density at radius 2 is 1.97 bits per heavy atom. The molecule has 2 aliphatic rings. The van der Waals surface area contributed by atoms with E-state index in [0.717, 1.165) is 0 Å². The van der Waals surface area contributed by atoms with Gasteiger partial charge in [-0.2, -0.15) is 4.31 Å². The van der Waals surface area contributed by atoms with Crippen molar-refractivity contribution in [1.29, 1.82) is 0 Å². The SMILES string of the molecule is COCCN1CC2(CCN(C(=O)NCC(C)C)CC2)COc2ccccc2S1(=O)=O. The highest BCUT2D eigenvalue weighted by molar-refractivity contribution is 7.89. The minimum Gasteiger partial charge on any atom is -0.492 e. The maximum absolute atomic E-state index is 13.3. The van der Waals surface area contributed by atoms with Gasteiger partial charge in [0.1, 0.15) is 10.6 Å². The Hall–Kier alpha value is -1.84. The molecule has 3 rings (SSSR count). The number of benzene rings is 1. The summed E-state index contributed by atoms with van der Waals surface area (Å²) in [5, 5.41) is 2.96. The predicted octanol–water partition coefficient (Wildman–Crippen LogP) is 2.16. The maximum atomic E-state index is 13.3. The quantitative estimate of drug-likeness (QED) is 0.760. The van der Waals surface area contributed by atoms with E-state index < -0.39 is 10.0 Å². The van der Waals surface area contributed by atoms with Crippen LogP contribution in [0.15, 0.2) is 29.2 Å². The molecule has 0 bridgehead atoms. The van der Waals surface area contributed by atoms with Crippen molar-refractivity contribution >= 4 is 16.1 Å². The van der Waals surface area contributed by atoms with Crippen molar-refractivity contribution in [1.82, 2.24) is 14.5 Å². The Morgan fingerprint density at radius 1 is 1.27 bits per heavy atom. The zero-order valence-corrected chi connectivity index (χ0v) is 18.9. The van der Waals surface area contributed by atoms with Gasteiger partial charge >= 0.3 is 6.03 Å². The highest BCUT2D eigenvalue weighted by atomic mass is 32.2. The summed E-state index contributed by atoms with van der Waals surface area (Å²) in [4.78, 5) is 14.4. The van der Waals surface area contributed by atoms with Crippen molar-refractivity contribution in [3.05, 3.63) is 24.3 Å². The van der Waals surface area contributed by atoms with Crippen LogP contribution in [-0.4, -0.2) is 76.7 Å². The molecule has 168 valence electrons. The molecule has 0 unspecified atom stereocenters. The Bertz CT molecular complexity index is 835. The van der Waals surface area contributed by atoms with Gasteiger partial charge in [0.05, 0.1) is 13.2 Å². The zero-order valence-electron chi connectivity index (χ0n) is 18.1. The standard InChI is InChI=1S/C21H33N3O5S/c1-17(2)14-22-20(25)23-10-8-21(9-11-23)15-24(12-13-28-3)30(26,27)19-7-5-4-6-18(19)29-16-21/h4-7,17H,8-16H2,1-3H3,(H,22,25). The fourth-order valence-corrected chi connectivity index (χ4v) is 5.61. The second kappa shape index (κ2) is 9.53. The minimum atomic E-state index is -3.70. The van der Waals surface area contributed by atoms with Gasteiger partial charge in [0.2, 0.25) is 10.0 Å². The van der Waals surface area contributed by atoms with Crippen molar-refractivity contribution in [2.24, 2.45) is 11.3 Å². The van der Waals surface area contributed by atoms with E-state index in [1.807, 2.05) is 4.90 Å². The van der Waals surface area contributed by atoms with Gasteiger partial charge in [0, 0.05) is 45.2 Å². The van der Waals surface area contributed by atoms with Gasteiger partial charge < -0.3 is 19.7 Å². The smallest absolute Gasteiger partial charge is 0.317 e. The number of nitrogens with zero attached hydrogens (tertiary/aromatic N) is 2. The first-order chi connectivity index (χ1) is 14.3. The van der Waals surface area contributed by atoms with Crippen molar-refractivity contribution in [3.8, 4) is 5.75 Å². The van der Waals surface area contributed by atoms with E-state index in [4.69, 9.17) is 9.47 Å². The summed E-state index contributed by atoms with van der Waals surface area (Å²) in [6, 6.07) is 6.72. The lowest BCUT2D eigenvalue weighted by atomic mass is 9.79. The molecule has 0 atom stereocenters. The average molecular weight is 440 g/mol. The molecule has 2 heterocycles. The monoisotopic (exact) mass is 439 g/mol. The number of para-hydroxylation sites is 1. The number of methoxy groups -OCH3 is 1. The molecule has 30 heavy (non-hydrogen) atoms. The van der Waals surface area contributed by atoms with Gasteiger partial charge in [-0.25, -0.2) is 13.2 Å². The van der Waals surface area contributed by atoms with Gasteiger partial charge in [-0.3, -0.25) is 0 Å². The first kappa shape index (κ1) is 22.8. The largest absolute Gasteiger partial charge is 0.492 e. The molecule has 1 spiro atoms. The molecular weight excluding hydrogens is 406 g/mol. The Balaban J connectivity index is 1.79. The number of likely N-dealkylation sites (tertiary alicyclic amines) is 1. The third kappa shape index (κ3) is 5.07. The lowest BCUT2D eigenvalue weighted by molar-refractivity contribution is 0.0411. The third-order valence-electron chi connectivity index (χ3n) is 5.83. The Kier molecular flexibility index (Phi) is 7.26. The predicted molar refractivity (Wildman–Crippen MR) is 114 cm³/mol. The van der Waals surface area contributed by atoms with E-state index in [0.29, 0.717) is 63.9 Å². The molecular formula is C21H33N3O5S. The number of amides is 2. The number of urea groups is 1. The number of ether oxygens (including phenoxy) is 2. The molecule has 8 nitrogen and oxygen atoms in total. The lowest BCUT2D eigenvalue weighted by Gasteiger charge is -2.44. The third-order valence-corrected chi connectivity index (χ3v) is 7.71. The fraction of sp³-hybridized carbons (Fsp3) is 0.667.